The topological polar surface area (TPSA) is 24.5 Å². The van der Waals surface area contributed by atoms with E-state index in [9.17, 15) is 0 Å². The first-order chi connectivity index (χ1) is 7.24. The van der Waals surface area contributed by atoms with Crippen molar-refractivity contribution in [3.8, 4) is 0 Å². The zero-order chi connectivity index (χ0) is 11.1. The zero-order valence-electron chi connectivity index (χ0n) is 9.84. The fraction of sp³-hybridized carbons (Fsp3) is 1.00. The summed E-state index contributed by atoms with van der Waals surface area (Å²) >= 11 is 5.89. The van der Waals surface area contributed by atoms with Gasteiger partial charge in [-0.1, -0.05) is 13.8 Å². The van der Waals surface area contributed by atoms with Crippen LogP contribution in [0.2, 0.25) is 0 Å². The van der Waals surface area contributed by atoms with Gasteiger partial charge in [0.15, 0.2) is 0 Å². The highest BCUT2D eigenvalue weighted by Gasteiger charge is 2.13. The van der Waals surface area contributed by atoms with Gasteiger partial charge in [-0.05, 0) is 5.92 Å². The number of hydrogen-bond donors (Lipinski definition) is 1. The minimum Gasteiger partial charge on any atom is -0.379 e. The summed E-state index contributed by atoms with van der Waals surface area (Å²) in [4.78, 5) is 2.43. The largest absolute Gasteiger partial charge is 0.379 e. The first-order valence-electron chi connectivity index (χ1n) is 5.83. The summed E-state index contributed by atoms with van der Waals surface area (Å²) in [6.45, 7) is 10.4. The van der Waals surface area contributed by atoms with Crippen molar-refractivity contribution in [1.29, 1.82) is 0 Å². The average Bonchev–Trinajstić information content (AvgIpc) is 2.25. The molecule has 1 rings (SSSR count). The molecule has 0 amide bonds. The number of morpholine rings is 1. The van der Waals surface area contributed by atoms with Crippen molar-refractivity contribution in [3.05, 3.63) is 0 Å². The Morgan fingerprint density at radius 1 is 1.33 bits per heavy atom. The smallest absolute Gasteiger partial charge is 0.0594 e. The van der Waals surface area contributed by atoms with Gasteiger partial charge >= 0.3 is 0 Å². The maximum atomic E-state index is 5.89. The Labute approximate surface area is 98.1 Å². The van der Waals surface area contributed by atoms with Crippen LogP contribution in [0.15, 0.2) is 0 Å². The summed E-state index contributed by atoms with van der Waals surface area (Å²) in [5, 5.41) is 3.50. The number of hydrogen-bond acceptors (Lipinski definition) is 3. The monoisotopic (exact) mass is 234 g/mol. The molecule has 1 N–H and O–H groups in total. The maximum Gasteiger partial charge on any atom is 0.0594 e. The number of rotatable bonds is 6. The first-order valence-corrected chi connectivity index (χ1v) is 6.37. The Kier molecular flexibility index (Phi) is 6.57. The Balaban J connectivity index is 2.08. The van der Waals surface area contributed by atoms with Crippen LogP contribution in [0.25, 0.3) is 0 Å². The van der Waals surface area contributed by atoms with Crippen molar-refractivity contribution in [3.63, 3.8) is 0 Å². The quantitative estimate of drug-likeness (QED) is 0.699. The Morgan fingerprint density at radius 3 is 2.53 bits per heavy atom. The third-order valence-corrected chi connectivity index (χ3v) is 3.24. The van der Waals surface area contributed by atoms with Gasteiger partial charge in [0, 0.05) is 38.1 Å². The molecule has 3 nitrogen and oxygen atoms in total. The third kappa shape index (κ3) is 5.16. The van der Waals surface area contributed by atoms with Gasteiger partial charge in [-0.2, -0.15) is 0 Å². The molecule has 4 heteroatoms. The van der Waals surface area contributed by atoms with E-state index in [2.05, 4.69) is 24.1 Å². The van der Waals surface area contributed by atoms with Crippen molar-refractivity contribution in [2.24, 2.45) is 5.92 Å². The van der Waals surface area contributed by atoms with Gasteiger partial charge in [0.1, 0.15) is 0 Å². The molecule has 0 aromatic carbocycles. The normalized spacial score (nSPS) is 20.8. The summed E-state index contributed by atoms with van der Waals surface area (Å²) in [6.07, 6.45) is 0. The second-order valence-electron chi connectivity index (χ2n) is 4.41. The van der Waals surface area contributed by atoms with Crippen molar-refractivity contribution in [2.75, 3.05) is 45.3 Å². The fourth-order valence-electron chi connectivity index (χ4n) is 1.70. The molecular formula is C11H23ClN2O. The van der Waals surface area contributed by atoms with E-state index in [4.69, 9.17) is 16.3 Å². The fourth-order valence-corrected chi connectivity index (χ4v) is 2.17. The molecule has 90 valence electrons. The van der Waals surface area contributed by atoms with Gasteiger partial charge in [0.25, 0.3) is 0 Å². The lowest BCUT2D eigenvalue weighted by atomic mass is 10.1. The molecule has 15 heavy (non-hydrogen) atoms. The van der Waals surface area contributed by atoms with Crippen LogP contribution in [-0.4, -0.2) is 56.2 Å². The van der Waals surface area contributed by atoms with Crippen molar-refractivity contribution >= 4 is 11.6 Å². The molecule has 0 radical (unpaired) electrons. The molecule has 1 atom stereocenters. The van der Waals surface area contributed by atoms with E-state index >= 15 is 0 Å². The highest BCUT2D eigenvalue weighted by molar-refractivity contribution is 6.18. The lowest BCUT2D eigenvalue weighted by Gasteiger charge is -2.28. The number of nitrogens with zero attached hydrogens (tertiary/aromatic N) is 1. The molecule has 0 aromatic heterocycles. The van der Waals surface area contributed by atoms with E-state index in [1.807, 2.05) is 0 Å². The molecule has 1 saturated heterocycles. The van der Waals surface area contributed by atoms with Gasteiger partial charge in [0.2, 0.25) is 0 Å². The number of halogens is 1. The number of ether oxygens (including phenoxy) is 1. The predicted molar refractivity (Wildman–Crippen MR) is 64.6 cm³/mol. The van der Waals surface area contributed by atoms with Gasteiger partial charge in [0.05, 0.1) is 13.2 Å². The molecule has 0 saturated carbocycles. The summed E-state index contributed by atoms with van der Waals surface area (Å²) in [7, 11) is 0. The molecule has 1 unspecified atom stereocenters. The molecule has 1 heterocycles. The van der Waals surface area contributed by atoms with Crippen molar-refractivity contribution in [2.45, 2.75) is 19.9 Å². The molecule has 1 aliphatic rings. The van der Waals surface area contributed by atoms with Gasteiger partial charge < -0.3 is 10.1 Å². The summed E-state index contributed by atoms with van der Waals surface area (Å²) in [5.74, 6) is 1.30. The van der Waals surface area contributed by atoms with Crippen LogP contribution in [0.3, 0.4) is 0 Å². The Bertz CT molecular complexity index is 161. The lowest BCUT2D eigenvalue weighted by molar-refractivity contribution is 0.0380. The minimum absolute atomic E-state index is 0.438. The van der Waals surface area contributed by atoms with E-state index in [0.717, 1.165) is 39.4 Å². The zero-order valence-corrected chi connectivity index (χ0v) is 10.6. The van der Waals surface area contributed by atoms with Crippen LogP contribution in [0.5, 0.6) is 0 Å². The molecule has 1 aliphatic heterocycles. The van der Waals surface area contributed by atoms with E-state index < -0.39 is 0 Å². The summed E-state index contributed by atoms with van der Waals surface area (Å²) in [6, 6.07) is 0.438. The van der Waals surface area contributed by atoms with E-state index in [0.29, 0.717) is 17.8 Å². The summed E-state index contributed by atoms with van der Waals surface area (Å²) in [5.41, 5.74) is 0. The third-order valence-electron chi connectivity index (χ3n) is 2.91. The van der Waals surface area contributed by atoms with E-state index in [-0.39, 0.29) is 0 Å². The molecule has 0 bridgehead atoms. The van der Waals surface area contributed by atoms with Crippen LogP contribution in [0.4, 0.5) is 0 Å². The van der Waals surface area contributed by atoms with E-state index in [1.165, 1.54) is 0 Å². The molecular weight excluding hydrogens is 212 g/mol. The van der Waals surface area contributed by atoms with Crippen LogP contribution < -0.4 is 5.32 Å². The second-order valence-corrected chi connectivity index (χ2v) is 4.72. The predicted octanol–water partition coefficient (Wildman–Crippen LogP) is 1.17. The van der Waals surface area contributed by atoms with Crippen LogP contribution in [0.1, 0.15) is 13.8 Å². The molecule has 0 spiro atoms. The van der Waals surface area contributed by atoms with Crippen molar-refractivity contribution < 1.29 is 4.74 Å². The SMILES string of the molecule is CC(C)C(CCl)NCCN1CCOCC1. The standard InChI is InChI=1S/C11H23ClN2O/c1-10(2)11(9-12)13-3-4-14-5-7-15-8-6-14/h10-11,13H,3-9H2,1-2H3. The minimum atomic E-state index is 0.438. The highest BCUT2D eigenvalue weighted by Crippen LogP contribution is 2.03. The molecule has 1 fully saturated rings. The molecule has 0 aromatic rings. The highest BCUT2D eigenvalue weighted by atomic mass is 35.5. The number of nitrogens with one attached hydrogen (secondary N) is 1. The van der Waals surface area contributed by atoms with Crippen molar-refractivity contribution in [1.82, 2.24) is 10.2 Å². The summed E-state index contributed by atoms with van der Waals surface area (Å²) < 4.78 is 5.30. The molecule has 0 aliphatic carbocycles. The van der Waals surface area contributed by atoms with Gasteiger partial charge in [-0.15, -0.1) is 11.6 Å². The second kappa shape index (κ2) is 7.44. The lowest BCUT2D eigenvalue weighted by Crippen LogP contribution is -2.44. The Morgan fingerprint density at radius 2 is 2.00 bits per heavy atom. The Hall–Kier alpha value is 0.170. The van der Waals surface area contributed by atoms with Crippen LogP contribution in [-0.2, 0) is 4.74 Å². The number of alkyl halides is 1. The van der Waals surface area contributed by atoms with Gasteiger partial charge in [-0.3, -0.25) is 4.90 Å². The van der Waals surface area contributed by atoms with Crippen LogP contribution >= 0.6 is 11.6 Å². The van der Waals surface area contributed by atoms with E-state index in [1.54, 1.807) is 0 Å². The first kappa shape index (κ1) is 13.2. The van der Waals surface area contributed by atoms with Gasteiger partial charge in [-0.25, -0.2) is 0 Å². The maximum absolute atomic E-state index is 5.89. The average molecular weight is 235 g/mol. The van der Waals surface area contributed by atoms with Crippen LogP contribution in [0, 0.1) is 5.92 Å².